The van der Waals surface area contributed by atoms with Crippen LogP contribution in [0.1, 0.15) is 12.5 Å². The lowest BCUT2D eigenvalue weighted by Gasteiger charge is -2.08. The summed E-state index contributed by atoms with van der Waals surface area (Å²) >= 11 is 0. The molecule has 2 N–H and O–H groups in total. The Morgan fingerprint density at radius 1 is 1.18 bits per heavy atom. The summed E-state index contributed by atoms with van der Waals surface area (Å²) in [5.74, 6) is 0.892. The SMILES string of the molecule is CCNc1cc(NCc2cccnc2)ccn1. The van der Waals surface area contributed by atoms with Crippen LogP contribution in [-0.4, -0.2) is 16.5 Å². The second-order valence-electron chi connectivity index (χ2n) is 3.67. The smallest absolute Gasteiger partial charge is 0.127 e. The average molecular weight is 228 g/mol. The highest BCUT2D eigenvalue weighted by molar-refractivity contribution is 5.51. The Balaban J connectivity index is 1.97. The largest absolute Gasteiger partial charge is 0.381 e. The molecule has 17 heavy (non-hydrogen) atoms. The molecule has 0 spiro atoms. The second kappa shape index (κ2) is 5.84. The summed E-state index contributed by atoms with van der Waals surface area (Å²) in [6, 6.07) is 7.94. The number of aromatic nitrogens is 2. The number of hydrogen-bond donors (Lipinski definition) is 2. The maximum absolute atomic E-state index is 4.22. The fourth-order valence-electron chi connectivity index (χ4n) is 1.53. The van der Waals surface area contributed by atoms with Gasteiger partial charge in [0.2, 0.25) is 0 Å². The molecule has 0 saturated carbocycles. The summed E-state index contributed by atoms with van der Waals surface area (Å²) in [6.45, 7) is 3.69. The third-order valence-electron chi connectivity index (χ3n) is 2.34. The molecule has 0 aromatic carbocycles. The monoisotopic (exact) mass is 228 g/mol. The maximum Gasteiger partial charge on any atom is 0.127 e. The van der Waals surface area contributed by atoms with Crippen LogP contribution in [0.25, 0.3) is 0 Å². The minimum absolute atomic E-state index is 0.767. The van der Waals surface area contributed by atoms with E-state index in [0.29, 0.717) is 0 Å². The summed E-state index contributed by atoms with van der Waals surface area (Å²) < 4.78 is 0. The Morgan fingerprint density at radius 2 is 2.12 bits per heavy atom. The van der Waals surface area contributed by atoms with Gasteiger partial charge in [-0.15, -0.1) is 0 Å². The first-order valence-corrected chi connectivity index (χ1v) is 5.71. The van der Waals surface area contributed by atoms with E-state index in [1.165, 1.54) is 0 Å². The van der Waals surface area contributed by atoms with Crippen LogP contribution in [0.5, 0.6) is 0 Å². The van der Waals surface area contributed by atoms with Crippen molar-refractivity contribution in [2.75, 3.05) is 17.2 Å². The van der Waals surface area contributed by atoms with Crippen LogP contribution in [0.3, 0.4) is 0 Å². The van der Waals surface area contributed by atoms with Gasteiger partial charge in [0.1, 0.15) is 5.82 Å². The molecule has 4 nitrogen and oxygen atoms in total. The summed E-state index contributed by atoms with van der Waals surface area (Å²) in [5.41, 5.74) is 2.22. The number of rotatable bonds is 5. The quantitative estimate of drug-likeness (QED) is 0.825. The lowest BCUT2D eigenvalue weighted by Crippen LogP contribution is -2.02. The van der Waals surface area contributed by atoms with E-state index in [4.69, 9.17) is 0 Å². The number of hydrogen-bond acceptors (Lipinski definition) is 4. The van der Waals surface area contributed by atoms with Crippen LogP contribution in [0.2, 0.25) is 0 Å². The summed E-state index contributed by atoms with van der Waals surface area (Å²) in [4.78, 5) is 8.30. The zero-order valence-electron chi connectivity index (χ0n) is 9.85. The Bertz CT molecular complexity index is 456. The van der Waals surface area contributed by atoms with E-state index in [0.717, 1.165) is 30.2 Å². The molecule has 88 valence electrons. The molecule has 2 aromatic rings. The van der Waals surface area contributed by atoms with Crippen LogP contribution in [0, 0.1) is 0 Å². The van der Waals surface area contributed by atoms with Crippen LogP contribution < -0.4 is 10.6 Å². The van der Waals surface area contributed by atoms with Crippen LogP contribution >= 0.6 is 0 Å². The van der Waals surface area contributed by atoms with Crippen molar-refractivity contribution < 1.29 is 0 Å². The third-order valence-corrected chi connectivity index (χ3v) is 2.34. The molecule has 0 unspecified atom stereocenters. The van der Waals surface area contributed by atoms with Crippen molar-refractivity contribution in [3.63, 3.8) is 0 Å². The molecule has 0 aliphatic heterocycles. The lowest BCUT2D eigenvalue weighted by atomic mass is 10.3. The number of pyridine rings is 2. The summed E-state index contributed by atoms with van der Waals surface area (Å²) in [5, 5.41) is 6.52. The van der Waals surface area contributed by atoms with Crippen molar-refractivity contribution in [1.82, 2.24) is 9.97 Å². The van der Waals surface area contributed by atoms with Crippen molar-refractivity contribution in [3.05, 3.63) is 48.4 Å². The van der Waals surface area contributed by atoms with E-state index in [9.17, 15) is 0 Å². The van der Waals surface area contributed by atoms with Gasteiger partial charge in [0.25, 0.3) is 0 Å². The van der Waals surface area contributed by atoms with E-state index in [1.807, 2.05) is 30.5 Å². The normalized spacial score (nSPS) is 9.94. The van der Waals surface area contributed by atoms with Crippen LogP contribution in [0.4, 0.5) is 11.5 Å². The number of nitrogens with zero attached hydrogens (tertiary/aromatic N) is 2. The van der Waals surface area contributed by atoms with Gasteiger partial charge >= 0.3 is 0 Å². The van der Waals surface area contributed by atoms with Gasteiger partial charge in [0.15, 0.2) is 0 Å². The van der Waals surface area contributed by atoms with E-state index < -0.39 is 0 Å². The molecule has 0 amide bonds. The van der Waals surface area contributed by atoms with Crippen molar-refractivity contribution in [3.8, 4) is 0 Å². The van der Waals surface area contributed by atoms with Gasteiger partial charge in [0, 0.05) is 43.4 Å². The van der Waals surface area contributed by atoms with Gasteiger partial charge in [0.05, 0.1) is 0 Å². The molecular weight excluding hydrogens is 212 g/mol. The Labute approximate surface area is 101 Å². The predicted molar refractivity (Wildman–Crippen MR) is 70.0 cm³/mol. The predicted octanol–water partition coefficient (Wildman–Crippen LogP) is 2.52. The van der Waals surface area contributed by atoms with Crippen LogP contribution in [0.15, 0.2) is 42.9 Å². The molecule has 0 atom stereocenters. The molecule has 2 aromatic heterocycles. The average Bonchev–Trinajstić information content (AvgIpc) is 2.39. The highest BCUT2D eigenvalue weighted by Crippen LogP contribution is 2.12. The maximum atomic E-state index is 4.22. The number of nitrogens with one attached hydrogen (secondary N) is 2. The Kier molecular flexibility index (Phi) is 3.91. The molecule has 2 rings (SSSR count). The molecule has 0 aliphatic carbocycles. The molecule has 0 saturated heterocycles. The summed E-state index contributed by atoms with van der Waals surface area (Å²) in [6.07, 6.45) is 5.43. The standard InChI is InChI=1S/C13H16N4/c1-2-15-13-8-12(5-7-16-13)17-10-11-4-3-6-14-9-11/h3-9H,2,10H2,1H3,(H2,15,16,17). The van der Waals surface area contributed by atoms with E-state index >= 15 is 0 Å². The zero-order chi connectivity index (χ0) is 11.9. The van der Waals surface area contributed by atoms with Gasteiger partial charge < -0.3 is 10.6 Å². The topological polar surface area (TPSA) is 49.8 Å². The van der Waals surface area contributed by atoms with Gasteiger partial charge in [-0.05, 0) is 24.6 Å². The highest BCUT2D eigenvalue weighted by atomic mass is 15.0. The molecule has 4 heteroatoms. The van der Waals surface area contributed by atoms with Gasteiger partial charge in [-0.1, -0.05) is 6.07 Å². The number of anilines is 2. The Morgan fingerprint density at radius 3 is 2.88 bits per heavy atom. The minimum Gasteiger partial charge on any atom is -0.381 e. The van der Waals surface area contributed by atoms with Crippen molar-refractivity contribution in [2.45, 2.75) is 13.5 Å². The fraction of sp³-hybridized carbons (Fsp3) is 0.231. The van der Waals surface area contributed by atoms with E-state index in [2.05, 4.69) is 27.5 Å². The summed E-state index contributed by atoms with van der Waals surface area (Å²) in [7, 11) is 0. The fourth-order valence-corrected chi connectivity index (χ4v) is 1.53. The minimum atomic E-state index is 0.767. The molecule has 0 radical (unpaired) electrons. The first-order valence-electron chi connectivity index (χ1n) is 5.71. The zero-order valence-corrected chi connectivity index (χ0v) is 9.85. The third kappa shape index (κ3) is 3.45. The van der Waals surface area contributed by atoms with Crippen molar-refractivity contribution in [2.24, 2.45) is 0 Å². The molecule has 0 bridgehead atoms. The van der Waals surface area contributed by atoms with Crippen molar-refractivity contribution >= 4 is 11.5 Å². The van der Waals surface area contributed by atoms with Gasteiger partial charge in [-0.3, -0.25) is 4.98 Å². The lowest BCUT2D eigenvalue weighted by molar-refractivity contribution is 1.10. The highest BCUT2D eigenvalue weighted by Gasteiger charge is 1.96. The molecule has 0 fully saturated rings. The van der Waals surface area contributed by atoms with Gasteiger partial charge in [-0.2, -0.15) is 0 Å². The first kappa shape index (κ1) is 11.4. The molecule has 2 heterocycles. The first-order chi connectivity index (χ1) is 8.38. The van der Waals surface area contributed by atoms with Crippen LogP contribution in [-0.2, 0) is 6.54 Å². The molecular formula is C13H16N4. The molecule has 0 aliphatic rings. The Hall–Kier alpha value is -2.10. The van der Waals surface area contributed by atoms with E-state index in [1.54, 1.807) is 12.4 Å². The van der Waals surface area contributed by atoms with Crippen molar-refractivity contribution in [1.29, 1.82) is 0 Å². The second-order valence-corrected chi connectivity index (χ2v) is 3.67. The van der Waals surface area contributed by atoms with Gasteiger partial charge in [-0.25, -0.2) is 4.98 Å². The van der Waals surface area contributed by atoms with E-state index in [-0.39, 0.29) is 0 Å².